The summed E-state index contributed by atoms with van der Waals surface area (Å²) >= 11 is 0. The fourth-order valence-electron chi connectivity index (χ4n) is 2.95. The van der Waals surface area contributed by atoms with E-state index < -0.39 is 0 Å². The first-order chi connectivity index (χ1) is 14.6. The van der Waals surface area contributed by atoms with E-state index in [0.29, 0.717) is 18.3 Å². The molecule has 4 N–H and O–H groups in total. The Balaban J connectivity index is 1.44. The molecule has 2 aromatic heterocycles. The minimum absolute atomic E-state index is 0.247. The van der Waals surface area contributed by atoms with Gasteiger partial charge >= 0.3 is 0 Å². The van der Waals surface area contributed by atoms with E-state index in [1.165, 1.54) is 12.1 Å². The predicted octanol–water partition coefficient (Wildman–Crippen LogP) is 4.32. The van der Waals surface area contributed by atoms with Crippen molar-refractivity contribution < 1.29 is 4.39 Å². The van der Waals surface area contributed by atoms with Crippen LogP contribution in [0.4, 0.5) is 27.8 Å². The molecule has 4 rings (SSSR count). The summed E-state index contributed by atoms with van der Waals surface area (Å²) in [6.07, 6.45) is 3.37. The van der Waals surface area contributed by atoms with Gasteiger partial charge in [0.25, 0.3) is 0 Å². The van der Waals surface area contributed by atoms with E-state index in [0.717, 1.165) is 28.1 Å². The van der Waals surface area contributed by atoms with E-state index in [1.54, 1.807) is 24.5 Å². The number of benzene rings is 2. The normalized spacial score (nSPS) is 10.6. The molecule has 0 saturated heterocycles. The van der Waals surface area contributed by atoms with E-state index in [-0.39, 0.29) is 11.8 Å². The van der Waals surface area contributed by atoms with Crippen LogP contribution in [0.25, 0.3) is 11.3 Å². The third-order valence-corrected chi connectivity index (χ3v) is 4.42. The fraction of sp³-hybridized carbons (Fsp3) is 0.0909. The highest BCUT2D eigenvalue weighted by Gasteiger charge is 2.06. The lowest BCUT2D eigenvalue weighted by Gasteiger charge is -2.10. The van der Waals surface area contributed by atoms with Gasteiger partial charge in [0.2, 0.25) is 11.9 Å². The lowest BCUT2D eigenvalue weighted by Crippen LogP contribution is -2.05. The van der Waals surface area contributed by atoms with Crippen LogP contribution < -0.4 is 16.4 Å². The Bertz CT molecular complexity index is 1160. The number of aryl methyl sites for hydroxylation is 1. The minimum Gasteiger partial charge on any atom is -0.368 e. The number of rotatable bonds is 6. The number of aromatic nitrogens is 4. The molecule has 0 aliphatic carbocycles. The second-order valence-corrected chi connectivity index (χ2v) is 6.71. The summed E-state index contributed by atoms with van der Waals surface area (Å²) in [4.78, 5) is 17.0. The van der Waals surface area contributed by atoms with Crippen molar-refractivity contribution in [2.24, 2.45) is 0 Å². The summed E-state index contributed by atoms with van der Waals surface area (Å²) in [5.41, 5.74) is 10.1. The van der Waals surface area contributed by atoms with E-state index in [9.17, 15) is 4.39 Å². The molecule has 2 heterocycles. The summed E-state index contributed by atoms with van der Waals surface area (Å²) in [5.74, 6) is 1.07. The van der Waals surface area contributed by atoms with Gasteiger partial charge in [0.1, 0.15) is 11.6 Å². The molecule has 0 radical (unpaired) electrons. The van der Waals surface area contributed by atoms with Crippen LogP contribution in [-0.4, -0.2) is 19.9 Å². The van der Waals surface area contributed by atoms with Crippen molar-refractivity contribution in [2.45, 2.75) is 13.5 Å². The van der Waals surface area contributed by atoms with Crippen molar-refractivity contribution in [3.05, 3.63) is 83.9 Å². The second-order valence-electron chi connectivity index (χ2n) is 6.71. The molecule has 150 valence electrons. The first-order valence-electron chi connectivity index (χ1n) is 9.35. The molecule has 4 aromatic rings. The van der Waals surface area contributed by atoms with Gasteiger partial charge in [-0.1, -0.05) is 24.3 Å². The number of anilines is 4. The maximum Gasteiger partial charge on any atom is 0.224 e. The quantitative estimate of drug-likeness (QED) is 0.442. The van der Waals surface area contributed by atoms with Gasteiger partial charge in [0, 0.05) is 30.2 Å². The van der Waals surface area contributed by atoms with Crippen LogP contribution in [0.15, 0.2) is 67.0 Å². The Morgan fingerprint density at radius 3 is 2.63 bits per heavy atom. The molecule has 0 atom stereocenters. The first kappa shape index (κ1) is 19.3. The average molecular weight is 401 g/mol. The van der Waals surface area contributed by atoms with Gasteiger partial charge < -0.3 is 16.4 Å². The molecule has 0 unspecified atom stereocenters. The molecule has 0 aliphatic heterocycles. The van der Waals surface area contributed by atoms with Gasteiger partial charge in [-0.3, -0.25) is 0 Å². The first-order valence-corrected chi connectivity index (χ1v) is 9.35. The molecule has 30 heavy (non-hydrogen) atoms. The van der Waals surface area contributed by atoms with E-state index >= 15 is 0 Å². The number of nitrogens with one attached hydrogen (secondary N) is 2. The van der Waals surface area contributed by atoms with E-state index in [2.05, 4.69) is 30.6 Å². The molecule has 0 saturated carbocycles. The maximum atomic E-state index is 13.3. The highest BCUT2D eigenvalue weighted by molar-refractivity contribution is 5.67. The third-order valence-electron chi connectivity index (χ3n) is 4.42. The largest absolute Gasteiger partial charge is 0.368 e. The lowest BCUT2D eigenvalue weighted by atomic mass is 10.1. The average Bonchev–Trinajstić information content (AvgIpc) is 2.75. The zero-order valence-electron chi connectivity index (χ0n) is 16.3. The van der Waals surface area contributed by atoms with Crippen molar-refractivity contribution in [3.63, 3.8) is 0 Å². The van der Waals surface area contributed by atoms with Crippen molar-refractivity contribution in [3.8, 4) is 11.3 Å². The molecule has 0 bridgehead atoms. The lowest BCUT2D eigenvalue weighted by molar-refractivity contribution is 0.626. The fourth-order valence-corrected chi connectivity index (χ4v) is 2.95. The highest BCUT2D eigenvalue weighted by Crippen LogP contribution is 2.24. The van der Waals surface area contributed by atoms with Crippen molar-refractivity contribution in [2.75, 3.05) is 16.4 Å². The molecule has 0 fully saturated rings. The number of halogens is 1. The topological polar surface area (TPSA) is 102 Å². The standard InChI is InChI=1S/C22H20FN7/c1-14-12-26-21(24)30-20(14)16-5-7-18(8-6-16)28-19-9-10-25-22(29-19)27-13-15-3-2-4-17(23)11-15/h2-12H,13H2,1H3,(H2,24,26,30)(H2,25,27,28,29). The zero-order valence-corrected chi connectivity index (χ0v) is 16.3. The van der Waals surface area contributed by atoms with Crippen LogP contribution in [0.3, 0.4) is 0 Å². The molecule has 0 amide bonds. The van der Waals surface area contributed by atoms with Crippen LogP contribution in [0.1, 0.15) is 11.1 Å². The molecule has 2 aromatic carbocycles. The number of hydrogen-bond donors (Lipinski definition) is 3. The molecule has 8 heteroatoms. The molecule has 7 nitrogen and oxygen atoms in total. The Morgan fingerprint density at radius 1 is 1.00 bits per heavy atom. The van der Waals surface area contributed by atoms with Crippen LogP contribution in [0.2, 0.25) is 0 Å². The number of nitrogens with zero attached hydrogens (tertiary/aromatic N) is 4. The smallest absolute Gasteiger partial charge is 0.224 e. The van der Waals surface area contributed by atoms with Gasteiger partial charge in [-0.25, -0.2) is 19.3 Å². The van der Waals surface area contributed by atoms with E-state index in [1.807, 2.05) is 37.3 Å². The molecule has 0 spiro atoms. The third kappa shape index (κ3) is 4.67. The van der Waals surface area contributed by atoms with Crippen molar-refractivity contribution in [1.29, 1.82) is 0 Å². The SMILES string of the molecule is Cc1cnc(N)nc1-c1ccc(Nc2ccnc(NCc3cccc(F)c3)n2)cc1. The monoisotopic (exact) mass is 401 g/mol. The Labute approximate surface area is 173 Å². The van der Waals surface area contributed by atoms with Crippen LogP contribution >= 0.6 is 0 Å². The number of nitrogens with two attached hydrogens (primary N) is 1. The van der Waals surface area contributed by atoms with Gasteiger partial charge in [0.05, 0.1) is 5.69 Å². The maximum absolute atomic E-state index is 13.3. The van der Waals surface area contributed by atoms with Gasteiger partial charge in [-0.2, -0.15) is 4.98 Å². The summed E-state index contributed by atoms with van der Waals surface area (Å²) in [7, 11) is 0. The van der Waals surface area contributed by atoms with E-state index in [4.69, 9.17) is 5.73 Å². The molecular formula is C22H20FN7. The zero-order chi connectivity index (χ0) is 20.9. The van der Waals surface area contributed by atoms with Crippen molar-refractivity contribution in [1.82, 2.24) is 19.9 Å². The Hall–Kier alpha value is -4.07. The van der Waals surface area contributed by atoms with Crippen LogP contribution in [0.5, 0.6) is 0 Å². The summed E-state index contributed by atoms with van der Waals surface area (Å²) < 4.78 is 13.3. The summed E-state index contributed by atoms with van der Waals surface area (Å²) in [6.45, 7) is 2.37. The predicted molar refractivity (Wildman–Crippen MR) is 116 cm³/mol. The highest BCUT2D eigenvalue weighted by atomic mass is 19.1. The summed E-state index contributed by atoms with van der Waals surface area (Å²) in [6, 6.07) is 16.0. The van der Waals surface area contributed by atoms with Gasteiger partial charge in [-0.15, -0.1) is 0 Å². The van der Waals surface area contributed by atoms with Crippen LogP contribution in [-0.2, 0) is 6.54 Å². The van der Waals surface area contributed by atoms with Crippen LogP contribution in [0, 0.1) is 12.7 Å². The molecular weight excluding hydrogens is 381 g/mol. The minimum atomic E-state index is -0.270. The summed E-state index contributed by atoms with van der Waals surface area (Å²) in [5, 5.41) is 6.35. The Kier molecular flexibility index (Phi) is 5.47. The van der Waals surface area contributed by atoms with Gasteiger partial charge in [-0.05, 0) is 48.4 Å². The second kappa shape index (κ2) is 8.52. The Morgan fingerprint density at radius 2 is 1.83 bits per heavy atom. The number of nitrogen functional groups attached to an aromatic ring is 1. The number of hydrogen-bond acceptors (Lipinski definition) is 7. The van der Waals surface area contributed by atoms with Crippen molar-refractivity contribution >= 4 is 23.4 Å². The van der Waals surface area contributed by atoms with Gasteiger partial charge in [0.15, 0.2) is 0 Å². The molecule has 0 aliphatic rings.